The fourth-order valence-electron chi connectivity index (χ4n) is 1.50. The Kier molecular flexibility index (Phi) is 4.97. The number of carboxylic acids is 1. The molecule has 0 aromatic heterocycles. The molecule has 0 heterocycles. The summed E-state index contributed by atoms with van der Waals surface area (Å²) in [6.07, 6.45) is 0.603. The van der Waals surface area contributed by atoms with Crippen molar-refractivity contribution in [3.8, 4) is 0 Å². The molecular formula is C12H15ClN2O3. The summed E-state index contributed by atoms with van der Waals surface area (Å²) in [6.45, 7) is 1.87. The minimum Gasteiger partial charge on any atom is -0.481 e. The Morgan fingerprint density at radius 3 is 2.67 bits per heavy atom. The van der Waals surface area contributed by atoms with Crippen molar-refractivity contribution >= 4 is 29.2 Å². The molecule has 0 aliphatic carbocycles. The monoisotopic (exact) mass is 270 g/mol. The molecule has 1 unspecified atom stereocenters. The number of rotatable bonds is 6. The quantitative estimate of drug-likeness (QED) is 0.738. The number of nitrogens with one attached hydrogen (secondary N) is 1. The molecule has 0 spiro atoms. The first-order valence-corrected chi connectivity index (χ1v) is 5.85. The van der Waals surface area contributed by atoms with Crippen LogP contribution in [0.4, 0.5) is 5.69 Å². The van der Waals surface area contributed by atoms with E-state index < -0.39 is 11.9 Å². The summed E-state index contributed by atoms with van der Waals surface area (Å²) in [5, 5.41) is 11.9. The van der Waals surface area contributed by atoms with Crippen molar-refractivity contribution in [2.75, 3.05) is 5.32 Å². The second-order valence-corrected chi connectivity index (χ2v) is 4.44. The van der Waals surface area contributed by atoms with E-state index in [4.69, 9.17) is 22.4 Å². The number of primary amides is 1. The van der Waals surface area contributed by atoms with E-state index in [-0.39, 0.29) is 23.0 Å². The molecule has 0 saturated heterocycles. The number of halogens is 1. The van der Waals surface area contributed by atoms with E-state index in [1.807, 2.05) is 6.92 Å². The summed E-state index contributed by atoms with van der Waals surface area (Å²) in [7, 11) is 0. The molecule has 0 radical (unpaired) electrons. The fraction of sp³-hybridized carbons (Fsp3) is 0.333. The number of carbonyl (C=O) groups excluding carboxylic acids is 1. The van der Waals surface area contributed by atoms with Crippen molar-refractivity contribution in [1.82, 2.24) is 0 Å². The first-order valence-electron chi connectivity index (χ1n) is 5.48. The molecule has 1 atom stereocenters. The van der Waals surface area contributed by atoms with Gasteiger partial charge in [-0.25, -0.2) is 0 Å². The van der Waals surface area contributed by atoms with Crippen LogP contribution in [0, 0.1) is 0 Å². The zero-order chi connectivity index (χ0) is 13.7. The Morgan fingerprint density at radius 1 is 1.50 bits per heavy atom. The molecule has 5 nitrogen and oxygen atoms in total. The van der Waals surface area contributed by atoms with E-state index in [0.717, 1.165) is 5.69 Å². The molecule has 0 aliphatic heterocycles. The van der Waals surface area contributed by atoms with Crippen LogP contribution in [0.1, 0.15) is 30.1 Å². The van der Waals surface area contributed by atoms with Gasteiger partial charge in [-0.15, -0.1) is 0 Å². The number of carboxylic acid groups (broad SMARTS) is 1. The molecule has 0 aliphatic rings. The molecule has 98 valence electrons. The van der Waals surface area contributed by atoms with Crippen LogP contribution in [0.2, 0.25) is 5.02 Å². The Labute approximate surface area is 110 Å². The smallest absolute Gasteiger partial charge is 0.303 e. The fourth-order valence-corrected chi connectivity index (χ4v) is 1.78. The van der Waals surface area contributed by atoms with Gasteiger partial charge in [-0.3, -0.25) is 9.59 Å². The van der Waals surface area contributed by atoms with Gasteiger partial charge >= 0.3 is 5.97 Å². The molecular weight excluding hydrogens is 256 g/mol. The molecule has 6 heteroatoms. The first-order chi connectivity index (χ1) is 8.40. The zero-order valence-electron chi connectivity index (χ0n) is 9.94. The normalized spacial score (nSPS) is 11.9. The van der Waals surface area contributed by atoms with Crippen LogP contribution in [-0.2, 0) is 4.79 Å². The van der Waals surface area contributed by atoms with Gasteiger partial charge in [-0.1, -0.05) is 11.6 Å². The molecule has 0 saturated carbocycles. The van der Waals surface area contributed by atoms with Gasteiger partial charge in [-0.05, 0) is 31.5 Å². The van der Waals surface area contributed by atoms with Gasteiger partial charge in [0.1, 0.15) is 0 Å². The lowest BCUT2D eigenvalue weighted by molar-refractivity contribution is -0.137. The number of hydrogen-bond donors (Lipinski definition) is 3. The van der Waals surface area contributed by atoms with Crippen LogP contribution in [0.5, 0.6) is 0 Å². The van der Waals surface area contributed by atoms with E-state index in [2.05, 4.69) is 5.32 Å². The van der Waals surface area contributed by atoms with Crippen molar-refractivity contribution in [1.29, 1.82) is 0 Å². The lowest BCUT2D eigenvalue weighted by Crippen LogP contribution is -2.17. The number of aliphatic carboxylic acids is 1. The Morgan fingerprint density at radius 2 is 2.17 bits per heavy atom. The standard InChI is InChI=1S/C12H15ClN2O3/c1-7(2-5-11(16)17)15-8-3-4-9(12(14)18)10(13)6-8/h3-4,6-7,15H,2,5H2,1H3,(H2,14,18)(H,16,17). The van der Waals surface area contributed by atoms with Gasteiger partial charge in [-0.2, -0.15) is 0 Å². The van der Waals surface area contributed by atoms with Crippen LogP contribution in [0.15, 0.2) is 18.2 Å². The average molecular weight is 271 g/mol. The van der Waals surface area contributed by atoms with Crippen molar-refractivity contribution in [2.45, 2.75) is 25.8 Å². The number of carbonyl (C=O) groups is 2. The third-order valence-corrected chi connectivity index (χ3v) is 2.75. The summed E-state index contributed by atoms with van der Waals surface area (Å²) in [6, 6.07) is 4.82. The molecule has 1 aromatic carbocycles. The SMILES string of the molecule is CC(CCC(=O)O)Nc1ccc(C(N)=O)c(Cl)c1. The van der Waals surface area contributed by atoms with Crippen molar-refractivity contribution in [3.05, 3.63) is 28.8 Å². The Balaban J connectivity index is 2.65. The Hall–Kier alpha value is -1.75. The summed E-state index contributed by atoms with van der Waals surface area (Å²) in [4.78, 5) is 21.4. The van der Waals surface area contributed by atoms with Crippen LogP contribution in [0.3, 0.4) is 0 Å². The average Bonchev–Trinajstić information content (AvgIpc) is 2.26. The predicted molar refractivity (Wildman–Crippen MR) is 69.9 cm³/mol. The van der Waals surface area contributed by atoms with Crippen molar-refractivity contribution in [3.63, 3.8) is 0 Å². The second-order valence-electron chi connectivity index (χ2n) is 4.04. The van der Waals surface area contributed by atoms with Crippen molar-refractivity contribution in [2.24, 2.45) is 5.73 Å². The van der Waals surface area contributed by atoms with Gasteiger partial charge in [0, 0.05) is 18.2 Å². The predicted octanol–water partition coefficient (Wildman–Crippen LogP) is 2.10. The molecule has 1 amide bonds. The van der Waals surface area contributed by atoms with Gasteiger partial charge in [0.05, 0.1) is 10.6 Å². The van der Waals surface area contributed by atoms with Crippen LogP contribution in [-0.4, -0.2) is 23.0 Å². The molecule has 0 fully saturated rings. The summed E-state index contributed by atoms with van der Waals surface area (Å²) < 4.78 is 0. The maximum atomic E-state index is 11.0. The highest BCUT2D eigenvalue weighted by Gasteiger charge is 2.09. The molecule has 18 heavy (non-hydrogen) atoms. The van der Waals surface area contributed by atoms with E-state index in [0.29, 0.717) is 6.42 Å². The maximum Gasteiger partial charge on any atom is 0.303 e. The third-order valence-electron chi connectivity index (χ3n) is 2.44. The number of benzene rings is 1. The second kappa shape index (κ2) is 6.26. The topological polar surface area (TPSA) is 92.4 Å². The third kappa shape index (κ3) is 4.25. The molecule has 4 N–H and O–H groups in total. The largest absolute Gasteiger partial charge is 0.481 e. The minimum absolute atomic E-state index is 0.00315. The molecule has 1 aromatic rings. The summed E-state index contributed by atoms with van der Waals surface area (Å²) in [5.74, 6) is -1.41. The summed E-state index contributed by atoms with van der Waals surface area (Å²) in [5.41, 5.74) is 6.13. The molecule has 1 rings (SSSR count). The highest BCUT2D eigenvalue weighted by atomic mass is 35.5. The zero-order valence-corrected chi connectivity index (χ0v) is 10.7. The van der Waals surface area contributed by atoms with Gasteiger partial charge in [0.15, 0.2) is 0 Å². The van der Waals surface area contributed by atoms with Gasteiger partial charge < -0.3 is 16.2 Å². The summed E-state index contributed by atoms with van der Waals surface area (Å²) >= 11 is 5.90. The van der Waals surface area contributed by atoms with Crippen LogP contribution >= 0.6 is 11.6 Å². The van der Waals surface area contributed by atoms with E-state index in [9.17, 15) is 9.59 Å². The first kappa shape index (κ1) is 14.3. The number of anilines is 1. The molecule has 0 bridgehead atoms. The maximum absolute atomic E-state index is 11.0. The lowest BCUT2D eigenvalue weighted by atomic mass is 10.1. The van der Waals surface area contributed by atoms with Crippen LogP contribution < -0.4 is 11.1 Å². The van der Waals surface area contributed by atoms with Crippen molar-refractivity contribution < 1.29 is 14.7 Å². The highest BCUT2D eigenvalue weighted by Crippen LogP contribution is 2.21. The van der Waals surface area contributed by atoms with E-state index in [1.165, 1.54) is 6.07 Å². The van der Waals surface area contributed by atoms with E-state index >= 15 is 0 Å². The highest BCUT2D eigenvalue weighted by molar-refractivity contribution is 6.34. The number of nitrogens with two attached hydrogens (primary N) is 1. The lowest BCUT2D eigenvalue weighted by Gasteiger charge is -2.14. The number of hydrogen-bond acceptors (Lipinski definition) is 3. The van der Waals surface area contributed by atoms with Gasteiger partial charge in [0.2, 0.25) is 5.91 Å². The Bertz CT molecular complexity index is 463. The van der Waals surface area contributed by atoms with E-state index in [1.54, 1.807) is 12.1 Å². The van der Waals surface area contributed by atoms with Gasteiger partial charge in [0.25, 0.3) is 0 Å². The minimum atomic E-state index is -0.828. The number of amides is 1. The van der Waals surface area contributed by atoms with Crippen LogP contribution in [0.25, 0.3) is 0 Å².